The van der Waals surface area contributed by atoms with Crippen molar-refractivity contribution in [2.75, 3.05) is 0 Å². The van der Waals surface area contributed by atoms with Crippen molar-refractivity contribution in [2.45, 2.75) is 26.4 Å². The Balaban J connectivity index is 4.02. The number of rotatable bonds is 2. The Labute approximate surface area is 52.4 Å². The van der Waals surface area contributed by atoms with E-state index in [0.717, 1.165) is 6.92 Å². The van der Waals surface area contributed by atoms with Crippen LogP contribution in [0.25, 0.3) is 0 Å². The summed E-state index contributed by atoms with van der Waals surface area (Å²) in [6.45, 7) is 2.63. The Kier molecular flexibility index (Phi) is 3.35. The van der Waals surface area contributed by atoms with E-state index >= 15 is 0 Å². The van der Waals surface area contributed by atoms with Gasteiger partial charge in [-0.1, -0.05) is 6.92 Å². The maximum atomic E-state index is 12.2. The SMILES string of the molecule is CCC(F)C(C)=C(F)F. The second-order valence-electron chi connectivity index (χ2n) is 1.82. The summed E-state index contributed by atoms with van der Waals surface area (Å²) in [5.41, 5.74) is -0.447. The molecule has 1 atom stereocenters. The molecule has 0 bridgehead atoms. The number of hydrogen-bond donors (Lipinski definition) is 0. The summed E-state index contributed by atoms with van der Waals surface area (Å²) in [4.78, 5) is 0. The van der Waals surface area contributed by atoms with Crippen LogP contribution in [-0.2, 0) is 0 Å². The van der Waals surface area contributed by atoms with Gasteiger partial charge >= 0.3 is 0 Å². The Bertz CT molecular complexity index is 113. The first-order valence-electron chi connectivity index (χ1n) is 2.75. The van der Waals surface area contributed by atoms with Gasteiger partial charge in [0.25, 0.3) is 6.08 Å². The van der Waals surface area contributed by atoms with Crippen molar-refractivity contribution in [1.82, 2.24) is 0 Å². The zero-order valence-corrected chi connectivity index (χ0v) is 5.42. The van der Waals surface area contributed by atoms with Crippen LogP contribution in [0.2, 0.25) is 0 Å². The topological polar surface area (TPSA) is 0 Å². The molecule has 0 amide bonds. The van der Waals surface area contributed by atoms with Crippen LogP contribution in [0.1, 0.15) is 20.3 Å². The Morgan fingerprint density at radius 1 is 1.44 bits per heavy atom. The van der Waals surface area contributed by atoms with Crippen molar-refractivity contribution in [3.05, 3.63) is 11.7 Å². The highest BCUT2D eigenvalue weighted by Crippen LogP contribution is 2.15. The van der Waals surface area contributed by atoms with Gasteiger partial charge in [0.1, 0.15) is 6.17 Å². The first-order valence-corrected chi connectivity index (χ1v) is 2.75. The summed E-state index contributed by atoms with van der Waals surface area (Å²) in [6, 6.07) is 0. The van der Waals surface area contributed by atoms with Gasteiger partial charge < -0.3 is 0 Å². The van der Waals surface area contributed by atoms with Crippen LogP contribution in [0.5, 0.6) is 0 Å². The molecule has 0 spiro atoms. The standard InChI is InChI=1S/C6H9F3/c1-3-5(7)4(2)6(8)9/h5H,3H2,1-2H3. The van der Waals surface area contributed by atoms with E-state index in [1.54, 1.807) is 0 Å². The largest absolute Gasteiger partial charge is 0.272 e. The molecule has 0 radical (unpaired) electrons. The Hall–Kier alpha value is -0.470. The average Bonchev–Trinajstić information content (AvgIpc) is 1.84. The number of halogens is 3. The second kappa shape index (κ2) is 3.54. The summed E-state index contributed by atoms with van der Waals surface area (Å²) in [7, 11) is 0. The molecule has 0 aliphatic rings. The van der Waals surface area contributed by atoms with Crippen LogP contribution >= 0.6 is 0 Å². The zero-order valence-electron chi connectivity index (χ0n) is 5.42. The molecule has 0 aromatic rings. The van der Waals surface area contributed by atoms with E-state index in [1.807, 2.05) is 0 Å². The fourth-order valence-corrected chi connectivity index (χ4v) is 0.425. The van der Waals surface area contributed by atoms with Crippen molar-refractivity contribution in [3.8, 4) is 0 Å². The lowest BCUT2D eigenvalue weighted by Gasteiger charge is -2.01. The van der Waals surface area contributed by atoms with Crippen LogP contribution in [0, 0.1) is 0 Å². The molecule has 0 saturated carbocycles. The molecular weight excluding hydrogens is 129 g/mol. The average molecular weight is 138 g/mol. The molecule has 0 N–H and O–H groups in total. The van der Waals surface area contributed by atoms with Crippen LogP contribution < -0.4 is 0 Å². The molecule has 0 heterocycles. The lowest BCUT2D eigenvalue weighted by Crippen LogP contribution is -1.99. The van der Waals surface area contributed by atoms with E-state index < -0.39 is 17.8 Å². The molecule has 0 nitrogen and oxygen atoms in total. The van der Waals surface area contributed by atoms with E-state index in [2.05, 4.69) is 0 Å². The van der Waals surface area contributed by atoms with Gasteiger partial charge in [-0.25, -0.2) is 4.39 Å². The van der Waals surface area contributed by atoms with Crippen molar-refractivity contribution >= 4 is 0 Å². The van der Waals surface area contributed by atoms with Crippen LogP contribution in [0.15, 0.2) is 11.7 Å². The van der Waals surface area contributed by atoms with Crippen molar-refractivity contribution in [3.63, 3.8) is 0 Å². The van der Waals surface area contributed by atoms with Gasteiger partial charge in [-0.15, -0.1) is 0 Å². The minimum absolute atomic E-state index is 0.114. The molecule has 0 aromatic carbocycles. The Morgan fingerprint density at radius 3 is 2.00 bits per heavy atom. The second-order valence-corrected chi connectivity index (χ2v) is 1.82. The van der Waals surface area contributed by atoms with Gasteiger partial charge in [-0.05, 0) is 13.3 Å². The monoisotopic (exact) mass is 138 g/mol. The Morgan fingerprint density at radius 2 is 1.89 bits per heavy atom. The van der Waals surface area contributed by atoms with E-state index in [1.165, 1.54) is 6.92 Å². The first kappa shape index (κ1) is 8.53. The molecule has 0 rings (SSSR count). The third kappa shape index (κ3) is 2.54. The van der Waals surface area contributed by atoms with Gasteiger partial charge in [0.2, 0.25) is 0 Å². The number of alkyl halides is 1. The molecule has 9 heavy (non-hydrogen) atoms. The predicted octanol–water partition coefficient (Wildman–Crippen LogP) is 2.91. The maximum absolute atomic E-state index is 12.2. The molecule has 0 aromatic heterocycles. The van der Waals surface area contributed by atoms with Crippen LogP contribution in [0.3, 0.4) is 0 Å². The highest BCUT2D eigenvalue weighted by molar-refractivity contribution is 5.04. The molecule has 0 fully saturated rings. The quantitative estimate of drug-likeness (QED) is 0.550. The fourth-order valence-electron chi connectivity index (χ4n) is 0.425. The molecule has 54 valence electrons. The van der Waals surface area contributed by atoms with E-state index in [9.17, 15) is 13.2 Å². The predicted molar refractivity (Wildman–Crippen MR) is 30.1 cm³/mol. The normalized spacial score (nSPS) is 13.0. The molecule has 0 aliphatic carbocycles. The molecule has 1 unspecified atom stereocenters. The lowest BCUT2D eigenvalue weighted by atomic mass is 10.2. The summed E-state index contributed by atoms with van der Waals surface area (Å²) in [6.07, 6.45) is -3.26. The van der Waals surface area contributed by atoms with E-state index in [-0.39, 0.29) is 6.42 Å². The van der Waals surface area contributed by atoms with Gasteiger partial charge in [0, 0.05) is 5.57 Å². The lowest BCUT2D eigenvalue weighted by molar-refractivity contribution is 0.333. The van der Waals surface area contributed by atoms with Crippen LogP contribution in [-0.4, -0.2) is 6.17 Å². The highest BCUT2D eigenvalue weighted by atomic mass is 19.3. The maximum Gasteiger partial charge on any atom is 0.272 e. The third-order valence-corrected chi connectivity index (χ3v) is 1.13. The summed E-state index contributed by atoms with van der Waals surface area (Å²) in [5, 5.41) is 0. The summed E-state index contributed by atoms with van der Waals surface area (Å²) < 4.78 is 35.2. The van der Waals surface area contributed by atoms with Crippen molar-refractivity contribution in [2.24, 2.45) is 0 Å². The highest BCUT2D eigenvalue weighted by Gasteiger charge is 2.10. The van der Waals surface area contributed by atoms with Gasteiger partial charge in [0.05, 0.1) is 0 Å². The number of hydrogen-bond acceptors (Lipinski definition) is 0. The summed E-state index contributed by atoms with van der Waals surface area (Å²) >= 11 is 0. The van der Waals surface area contributed by atoms with E-state index in [0.29, 0.717) is 0 Å². The fraction of sp³-hybridized carbons (Fsp3) is 0.667. The minimum atomic E-state index is -1.90. The van der Waals surface area contributed by atoms with Crippen molar-refractivity contribution < 1.29 is 13.2 Å². The zero-order chi connectivity index (χ0) is 7.44. The van der Waals surface area contributed by atoms with Crippen LogP contribution in [0.4, 0.5) is 13.2 Å². The molecular formula is C6H9F3. The van der Waals surface area contributed by atoms with Crippen molar-refractivity contribution in [1.29, 1.82) is 0 Å². The van der Waals surface area contributed by atoms with Gasteiger partial charge in [0.15, 0.2) is 0 Å². The third-order valence-electron chi connectivity index (χ3n) is 1.13. The van der Waals surface area contributed by atoms with Gasteiger partial charge in [-0.3, -0.25) is 0 Å². The van der Waals surface area contributed by atoms with Gasteiger partial charge in [-0.2, -0.15) is 8.78 Å². The number of allylic oxidation sites excluding steroid dienone is 1. The molecule has 3 heteroatoms. The summed E-state index contributed by atoms with van der Waals surface area (Å²) in [5.74, 6) is 0. The molecule has 0 aliphatic heterocycles. The first-order chi connectivity index (χ1) is 4.09. The minimum Gasteiger partial charge on any atom is -0.242 e. The molecule has 0 saturated heterocycles. The van der Waals surface area contributed by atoms with E-state index in [4.69, 9.17) is 0 Å². The smallest absolute Gasteiger partial charge is 0.242 e.